The Bertz CT molecular complexity index is 257. The molecule has 1 unspecified atom stereocenters. The normalized spacial score (nSPS) is 18.7. The van der Waals surface area contributed by atoms with E-state index in [1.807, 2.05) is 6.08 Å². The molecule has 0 saturated carbocycles. The number of hydrogen-bond acceptors (Lipinski definition) is 2. The first-order valence-electron chi connectivity index (χ1n) is 7.18. The van der Waals surface area contributed by atoms with Crippen LogP contribution in [0.1, 0.15) is 33.1 Å². The summed E-state index contributed by atoms with van der Waals surface area (Å²) in [4.78, 5) is 7.24. The van der Waals surface area contributed by atoms with Gasteiger partial charge in [0.05, 0.1) is 6.54 Å². The molecule has 18 heavy (non-hydrogen) atoms. The Kier molecular flexibility index (Phi) is 7.49. The van der Waals surface area contributed by atoms with Crippen LogP contribution in [0.4, 0.5) is 0 Å². The molecule has 1 aliphatic rings. The summed E-state index contributed by atoms with van der Waals surface area (Å²) in [5.41, 5.74) is 0. The summed E-state index contributed by atoms with van der Waals surface area (Å²) in [5, 5.41) is 6.50. The van der Waals surface area contributed by atoms with Crippen LogP contribution in [0, 0.1) is 0 Å². The molecule has 104 valence electrons. The number of nitrogens with one attached hydrogen (secondary N) is 2. The molecule has 1 heterocycles. The van der Waals surface area contributed by atoms with Gasteiger partial charge in [0.1, 0.15) is 0 Å². The van der Waals surface area contributed by atoms with Gasteiger partial charge in [0.25, 0.3) is 0 Å². The largest absolute Gasteiger partial charge is 0.357 e. The molecule has 1 atom stereocenters. The van der Waals surface area contributed by atoms with E-state index in [4.69, 9.17) is 0 Å². The Balaban J connectivity index is 2.46. The molecule has 1 aliphatic heterocycles. The van der Waals surface area contributed by atoms with E-state index in [9.17, 15) is 0 Å². The molecule has 0 aromatic carbocycles. The van der Waals surface area contributed by atoms with Crippen LogP contribution in [0.15, 0.2) is 17.6 Å². The smallest absolute Gasteiger partial charge is 0.191 e. The minimum Gasteiger partial charge on any atom is -0.357 e. The second kappa shape index (κ2) is 8.97. The van der Waals surface area contributed by atoms with E-state index in [0.29, 0.717) is 6.04 Å². The molecular formula is C14H28N4. The second-order valence-electron chi connectivity index (χ2n) is 4.69. The van der Waals surface area contributed by atoms with Gasteiger partial charge >= 0.3 is 0 Å². The molecule has 0 aromatic heterocycles. The maximum absolute atomic E-state index is 4.67. The van der Waals surface area contributed by atoms with Gasteiger partial charge in [-0.1, -0.05) is 13.0 Å². The third kappa shape index (κ3) is 5.08. The summed E-state index contributed by atoms with van der Waals surface area (Å²) in [6.45, 7) is 13.1. The standard InChI is InChI=1S/C14H28N4/c1-4-9-16-14(15-6-3)17-12-13(5-2)18-10-7-8-11-18/h4,13H,1,5-12H2,2-3H3,(H2,15,16,17). The lowest BCUT2D eigenvalue weighted by atomic mass is 10.2. The Labute approximate surface area is 112 Å². The average molecular weight is 252 g/mol. The summed E-state index contributed by atoms with van der Waals surface area (Å²) < 4.78 is 0. The van der Waals surface area contributed by atoms with Crippen LogP contribution in [0.5, 0.6) is 0 Å². The number of likely N-dealkylation sites (tertiary alicyclic amines) is 1. The molecule has 1 rings (SSSR count). The van der Waals surface area contributed by atoms with Crippen LogP contribution in [-0.2, 0) is 0 Å². The SMILES string of the molecule is C=CCNC(=NCC(CC)N1CCCC1)NCC. The van der Waals surface area contributed by atoms with Crippen LogP contribution >= 0.6 is 0 Å². The quantitative estimate of drug-likeness (QED) is 0.411. The first-order chi connectivity index (χ1) is 8.81. The molecule has 4 heteroatoms. The molecule has 0 aromatic rings. The Morgan fingerprint density at radius 3 is 2.61 bits per heavy atom. The Morgan fingerprint density at radius 2 is 2.06 bits per heavy atom. The van der Waals surface area contributed by atoms with Crippen molar-refractivity contribution in [3.63, 3.8) is 0 Å². The molecule has 1 saturated heterocycles. The van der Waals surface area contributed by atoms with Crippen LogP contribution in [0.2, 0.25) is 0 Å². The van der Waals surface area contributed by atoms with Gasteiger partial charge in [-0.3, -0.25) is 9.89 Å². The summed E-state index contributed by atoms with van der Waals surface area (Å²) >= 11 is 0. The van der Waals surface area contributed by atoms with Gasteiger partial charge < -0.3 is 10.6 Å². The van der Waals surface area contributed by atoms with Crippen LogP contribution in [0.3, 0.4) is 0 Å². The number of rotatable bonds is 7. The maximum Gasteiger partial charge on any atom is 0.191 e. The highest BCUT2D eigenvalue weighted by molar-refractivity contribution is 5.79. The molecular weight excluding hydrogens is 224 g/mol. The Morgan fingerprint density at radius 1 is 1.33 bits per heavy atom. The minimum absolute atomic E-state index is 0.590. The lowest BCUT2D eigenvalue weighted by Crippen LogP contribution is -2.40. The lowest BCUT2D eigenvalue weighted by Gasteiger charge is -2.25. The van der Waals surface area contributed by atoms with Crippen LogP contribution in [-0.4, -0.2) is 49.6 Å². The van der Waals surface area contributed by atoms with Crippen molar-refractivity contribution in [3.05, 3.63) is 12.7 Å². The minimum atomic E-state index is 0.590. The van der Waals surface area contributed by atoms with Crippen molar-refractivity contribution >= 4 is 5.96 Å². The predicted molar refractivity (Wildman–Crippen MR) is 79.1 cm³/mol. The number of nitrogens with zero attached hydrogens (tertiary/aromatic N) is 2. The van der Waals surface area contributed by atoms with Gasteiger partial charge in [-0.25, -0.2) is 0 Å². The van der Waals surface area contributed by atoms with E-state index in [2.05, 4.69) is 41.0 Å². The molecule has 2 N–H and O–H groups in total. The van der Waals surface area contributed by atoms with E-state index in [-0.39, 0.29) is 0 Å². The molecule has 0 amide bonds. The van der Waals surface area contributed by atoms with E-state index >= 15 is 0 Å². The van der Waals surface area contributed by atoms with Crippen molar-refractivity contribution in [3.8, 4) is 0 Å². The third-order valence-corrected chi connectivity index (χ3v) is 3.35. The molecule has 4 nitrogen and oxygen atoms in total. The number of hydrogen-bond donors (Lipinski definition) is 2. The zero-order valence-corrected chi connectivity index (χ0v) is 11.9. The highest BCUT2D eigenvalue weighted by Crippen LogP contribution is 2.14. The fourth-order valence-corrected chi connectivity index (χ4v) is 2.32. The maximum atomic E-state index is 4.67. The van der Waals surface area contributed by atoms with Gasteiger partial charge in [0, 0.05) is 19.1 Å². The monoisotopic (exact) mass is 252 g/mol. The van der Waals surface area contributed by atoms with Gasteiger partial charge in [-0.2, -0.15) is 0 Å². The first-order valence-corrected chi connectivity index (χ1v) is 7.18. The van der Waals surface area contributed by atoms with Crippen molar-refractivity contribution in [2.24, 2.45) is 4.99 Å². The van der Waals surface area contributed by atoms with Gasteiger partial charge in [-0.15, -0.1) is 6.58 Å². The predicted octanol–water partition coefficient (Wildman–Crippen LogP) is 1.60. The van der Waals surface area contributed by atoms with Crippen molar-refractivity contribution in [2.75, 3.05) is 32.7 Å². The van der Waals surface area contributed by atoms with Crippen LogP contribution in [0.25, 0.3) is 0 Å². The first kappa shape index (κ1) is 15.0. The number of guanidine groups is 1. The van der Waals surface area contributed by atoms with Crippen LogP contribution < -0.4 is 10.6 Å². The molecule has 0 aliphatic carbocycles. The fourth-order valence-electron chi connectivity index (χ4n) is 2.32. The van der Waals surface area contributed by atoms with Gasteiger partial charge in [0.15, 0.2) is 5.96 Å². The fraction of sp³-hybridized carbons (Fsp3) is 0.786. The van der Waals surface area contributed by atoms with Crippen molar-refractivity contribution in [1.29, 1.82) is 0 Å². The summed E-state index contributed by atoms with van der Waals surface area (Å²) in [5.74, 6) is 0.898. The molecule has 0 bridgehead atoms. The zero-order chi connectivity index (χ0) is 13.2. The van der Waals surface area contributed by atoms with Crippen molar-refractivity contribution in [2.45, 2.75) is 39.2 Å². The van der Waals surface area contributed by atoms with Gasteiger partial charge in [-0.05, 0) is 39.3 Å². The molecule has 1 fully saturated rings. The summed E-state index contributed by atoms with van der Waals surface area (Å²) in [7, 11) is 0. The summed E-state index contributed by atoms with van der Waals surface area (Å²) in [6.07, 6.45) is 5.71. The van der Waals surface area contributed by atoms with Crippen molar-refractivity contribution in [1.82, 2.24) is 15.5 Å². The summed E-state index contributed by atoms with van der Waals surface area (Å²) in [6, 6.07) is 0.590. The lowest BCUT2D eigenvalue weighted by molar-refractivity contribution is 0.242. The second-order valence-corrected chi connectivity index (χ2v) is 4.69. The van der Waals surface area contributed by atoms with E-state index in [1.165, 1.54) is 32.4 Å². The average Bonchev–Trinajstić information content (AvgIpc) is 2.90. The topological polar surface area (TPSA) is 39.7 Å². The van der Waals surface area contributed by atoms with E-state index in [0.717, 1.165) is 25.6 Å². The van der Waals surface area contributed by atoms with Gasteiger partial charge in [0.2, 0.25) is 0 Å². The highest BCUT2D eigenvalue weighted by Gasteiger charge is 2.19. The zero-order valence-electron chi connectivity index (χ0n) is 11.9. The third-order valence-electron chi connectivity index (χ3n) is 3.35. The molecule has 0 spiro atoms. The number of aliphatic imine (C=N–C) groups is 1. The van der Waals surface area contributed by atoms with E-state index < -0.39 is 0 Å². The van der Waals surface area contributed by atoms with Crippen molar-refractivity contribution < 1.29 is 0 Å². The highest BCUT2D eigenvalue weighted by atomic mass is 15.2. The Hall–Kier alpha value is -1.03. The molecule has 0 radical (unpaired) electrons. The van der Waals surface area contributed by atoms with E-state index in [1.54, 1.807) is 0 Å².